The zero-order chi connectivity index (χ0) is 8.86. The predicted molar refractivity (Wildman–Crippen MR) is 49.0 cm³/mol. The quantitative estimate of drug-likeness (QED) is 0.651. The molecule has 0 atom stereocenters. The molecule has 1 fully saturated rings. The number of aliphatic hydroxyl groups is 1. The Hall–Kier alpha value is -0.340. The van der Waals surface area contributed by atoms with Gasteiger partial charge in [-0.25, -0.2) is 0 Å². The molecule has 70 valence electrons. The molecule has 0 aromatic rings. The summed E-state index contributed by atoms with van der Waals surface area (Å²) in [4.78, 5) is 0. The van der Waals surface area contributed by atoms with Gasteiger partial charge in [-0.05, 0) is 31.1 Å². The highest BCUT2D eigenvalue weighted by Gasteiger charge is 2.30. The van der Waals surface area contributed by atoms with Gasteiger partial charge in [0.2, 0.25) is 0 Å². The van der Waals surface area contributed by atoms with E-state index in [1.807, 2.05) is 6.08 Å². The van der Waals surface area contributed by atoms with Gasteiger partial charge in [0.25, 0.3) is 0 Å². The Morgan fingerprint density at radius 2 is 2.08 bits per heavy atom. The van der Waals surface area contributed by atoms with E-state index in [4.69, 9.17) is 4.74 Å². The van der Waals surface area contributed by atoms with Gasteiger partial charge in [-0.15, -0.1) is 6.58 Å². The summed E-state index contributed by atoms with van der Waals surface area (Å²) in [7, 11) is 0. The van der Waals surface area contributed by atoms with Crippen molar-refractivity contribution in [1.29, 1.82) is 0 Å². The largest absolute Gasteiger partial charge is 0.396 e. The van der Waals surface area contributed by atoms with Gasteiger partial charge in [0.1, 0.15) is 0 Å². The van der Waals surface area contributed by atoms with Crippen LogP contribution < -0.4 is 0 Å². The molecule has 0 bridgehead atoms. The van der Waals surface area contributed by atoms with Crippen LogP contribution in [0.1, 0.15) is 25.7 Å². The van der Waals surface area contributed by atoms with Gasteiger partial charge in [-0.2, -0.15) is 0 Å². The number of hydrogen-bond acceptors (Lipinski definition) is 2. The smallest absolute Gasteiger partial charge is 0.0489 e. The Morgan fingerprint density at radius 3 is 2.58 bits per heavy atom. The molecule has 0 radical (unpaired) electrons. The molecule has 0 aliphatic carbocycles. The van der Waals surface area contributed by atoms with Crippen LogP contribution in [0.4, 0.5) is 0 Å². The Morgan fingerprint density at radius 1 is 1.42 bits per heavy atom. The topological polar surface area (TPSA) is 29.5 Å². The second-order valence-corrected chi connectivity index (χ2v) is 3.60. The molecule has 1 saturated heterocycles. The van der Waals surface area contributed by atoms with Gasteiger partial charge in [-0.3, -0.25) is 0 Å². The highest BCUT2D eigenvalue weighted by atomic mass is 16.5. The normalized spacial score (nSPS) is 22.1. The molecule has 1 aliphatic rings. The zero-order valence-electron chi connectivity index (χ0n) is 7.59. The lowest BCUT2D eigenvalue weighted by atomic mass is 9.77. The van der Waals surface area contributed by atoms with Crippen LogP contribution in [0.25, 0.3) is 0 Å². The number of hydrogen-bond donors (Lipinski definition) is 1. The maximum atomic E-state index is 9.28. The van der Waals surface area contributed by atoms with Gasteiger partial charge in [0.05, 0.1) is 0 Å². The zero-order valence-corrected chi connectivity index (χ0v) is 7.59. The molecule has 0 unspecified atom stereocenters. The molecule has 0 spiro atoms. The van der Waals surface area contributed by atoms with Crippen molar-refractivity contribution in [1.82, 2.24) is 0 Å². The van der Waals surface area contributed by atoms with Crippen molar-refractivity contribution in [2.75, 3.05) is 19.8 Å². The highest BCUT2D eigenvalue weighted by Crippen LogP contribution is 2.34. The summed E-state index contributed by atoms with van der Waals surface area (Å²) in [6.45, 7) is 5.60. The lowest BCUT2D eigenvalue weighted by Gasteiger charge is -2.35. The van der Waals surface area contributed by atoms with Crippen molar-refractivity contribution < 1.29 is 9.84 Å². The molecule has 0 saturated carbocycles. The monoisotopic (exact) mass is 170 g/mol. The van der Waals surface area contributed by atoms with Crippen molar-refractivity contribution in [3.8, 4) is 0 Å². The van der Waals surface area contributed by atoms with Crippen LogP contribution in [0, 0.1) is 5.41 Å². The summed E-state index contributed by atoms with van der Waals surface area (Å²) in [5.41, 5.74) is 0.131. The Bertz CT molecular complexity index is 137. The molecule has 12 heavy (non-hydrogen) atoms. The van der Waals surface area contributed by atoms with Crippen LogP contribution in [-0.4, -0.2) is 24.9 Å². The van der Waals surface area contributed by atoms with Crippen LogP contribution in [0.5, 0.6) is 0 Å². The minimum atomic E-state index is 0.131. The molecule has 1 heterocycles. The second kappa shape index (κ2) is 4.63. The van der Waals surface area contributed by atoms with E-state index in [0.717, 1.165) is 38.9 Å². The lowest BCUT2D eigenvalue weighted by Crippen LogP contribution is -2.32. The first kappa shape index (κ1) is 9.75. The van der Waals surface area contributed by atoms with Gasteiger partial charge < -0.3 is 9.84 Å². The number of allylic oxidation sites excluding steroid dienone is 1. The van der Waals surface area contributed by atoms with Crippen molar-refractivity contribution in [3.63, 3.8) is 0 Å². The van der Waals surface area contributed by atoms with Crippen LogP contribution >= 0.6 is 0 Å². The Labute approximate surface area is 74.2 Å². The maximum Gasteiger partial charge on any atom is 0.0489 e. The molecule has 1 N–H and O–H groups in total. The third-order valence-electron chi connectivity index (χ3n) is 2.77. The van der Waals surface area contributed by atoms with E-state index >= 15 is 0 Å². The van der Waals surface area contributed by atoms with Crippen molar-refractivity contribution in [2.45, 2.75) is 25.7 Å². The van der Waals surface area contributed by atoms with E-state index < -0.39 is 0 Å². The standard InChI is InChI=1S/C10H18O2/c1-2-3-4-10(9-11)5-7-12-8-6-10/h2,11H,1,3-9H2. The van der Waals surface area contributed by atoms with Crippen molar-refractivity contribution >= 4 is 0 Å². The molecule has 1 rings (SSSR count). The van der Waals surface area contributed by atoms with Crippen molar-refractivity contribution in [3.05, 3.63) is 12.7 Å². The Balaban J connectivity index is 2.41. The maximum absolute atomic E-state index is 9.28. The predicted octanol–water partition coefficient (Wildman–Crippen LogP) is 1.74. The third-order valence-corrected chi connectivity index (χ3v) is 2.77. The van der Waals surface area contributed by atoms with Crippen LogP contribution in [0.2, 0.25) is 0 Å². The summed E-state index contributed by atoms with van der Waals surface area (Å²) in [6.07, 6.45) is 5.97. The van der Waals surface area contributed by atoms with E-state index in [9.17, 15) is 5.11 Å². The number of aliphatic hydroxyl groups excluding tert-OH is 1. The molecule has 2 heteroatoms. The fourth-order valence-corrected chi connectivity index (χ4v) is 1.70. The fraction of sp³-hybridized carbons (Fsp3) is 0.800. The first-order chi connectivity index (χ1) is 5.83. The lowest BCUT2D eigenvalue weighted by molar-refractivity contribution is -0.0200. The van der Waals surface area contributed by atoms with Gasteiger partial charge in [0, 0.05) is 19.8 Å². The molecular formula is C10H18O2. The summed E-state index contributed by atoms with van der Waals surface area (Å²) in [5.74, 6) is 0. The van der Waals surface area contributed by atoms with Crippen molar-refractivity contribution in [2.24, 2.45) is 5.41 Å². The van der Waals surface area contributed by atoms with E-state index in [2.05, 4.69) is 6.58 Å². The third kappa shape index (κ3) is 2.32. The van der Waals surface area contributed by atoms with E-state index in [-0.39, 0.29) is 5.41 Å². The first-order valence-corrected chi connectivity index (χ1v) is 4.62. The molecule has 1 aliphatic heterocycles. The van der Waals surface area contributed by atoms with E-state index in [1.54, 1.807) is 0 Å². The van der Waals surface area contributed by atoms with E-state index in [0.29, 0.717) is 6.61 Å². The highest BCUT2D eigenvalue weighted by molar-refractivity contribution is 4.83. The van der Waals surface area contributed by atoms with Crippen LogP contribution in [0.15, 0.2) is 12.7 Å². The number of ether oxygens (including phenoxy) is 1. The summed E-state index contributed by atoms with van der Waals surface area (Å²) in [6, 6.07) is 0. The fourth-order valence-electron chi connectivity index (χ4n) is 1.70. The second-order valence-electron chi connectivity index (χ2n) is 3.60. The Kier molecular flexibility index (Phi) is 3.76. The van der Waals surface area contributed by atoms with E-state index in [1.165, 1.54) is 0 Å². The van der Waals surface area contributed by atoms with Gasteiger partial charge in [0.15, 0.2) is 0 Å². The summed E-state index contributed by atoms with van der Waals surface area (Å²) in [5, 5.41) is 9.28. The van der Waals surface area contributed by atoms with Crippen LogP contribution in [-0.2, 0) is 4.74 Å². The number of rotatable bonds is 4. The first-order valence-electron chi connectivity index (χ1n) is 4.62. The van der Waals surface area contributed by atoms with Crippen LogP contribution in [0.3, 0.4) is 0 Å². The molecule has 2 nitrogen and oxygen atoms in total. The molecule has 0 amide bonds. The molecule has 0 aromatic heterocycles. The average molecular weight is 170 g/mol. The minimum Gasteiger partial charge on any atom is -0.396 e. The van der Waals surface area contributed by atoms with Gasteiger partial charge in [-0.1, -0.05) is 6.08 Å². The average Bonchev–Trinajstić information content (AvgIpc) is 2.16. The minimum absolute atomic E-state index is 0.131. The molecular weight excluding hydrogens is 152 g/mol. The SMILES string of the molecule is C=CCCC1(CO)CCOCC1. The molecule has 0 aromatic carbocycles. The summed E-state index contributed by atoms with van der Waals surface area (Å²) < 4.78 is 5.27. The van der Waals surface area contributed by atoms with Gasteiger partial charge >= 0.3 is 0 Å². The summed E-state index contributed by atoms with van der Waals surface area (Å²) >= 11 is 0.